The van der Waals surface area contributed by atoms with Gasteiger partial charge in [-0.15, -0.1) is 0 Å². The number of anilines is 1. The van der Waals surface area contributed by atoms with E-state index in [0.717, 1.165) is 37.1 Å². The van der Waals surface area contributed by atoms with Crippen LogP contribution in [-0.4, -0.2) is 32.3 Å². The van der Waals surface area contributed by atoms with Crippen LogP contribution in [0.2, 0.25) is 0 Å². The summed E-state index contributed by atoms with van der Waals surface area (Å²) in [7, 11) is -3.76. The first kappa shape index (κ1) is 19.4. The Kier molecular flexibility index (Phi) is 5.56. The summed E-state index contributed by atoms with van der Waals surface area (Å²) in [4.78, 5) is 14.7. The van der Waals surface area contributed by atoms with Gasteiger partial charge in [0.25, 0.3) is 15.9 Å². The third-order valence-electron chi connectivity index (χ3n) is 5.09. The molecule has 3 rings (SSSR count). The highest BCUT2D eigenvalue weighted by atomic mass is 32.2. The van der Waals surface area contributed by atoms with Gasteiger partial charge >= 0.3 is 0 Å². The van der Waals surface area contributed by atoms with Crippen LogP contribution in [0, 0.1) is 19.8 Å². The number of sulfonamides is 1. The molecule has 1 atom stereocenters. The van der Waals surface area contributed by atoms with Crippen molar-refractivity contribution in [3.63, 3.8) is 0 Å². The highest BCUT2D eigenvalue weighted by Crippen LogP contribution is 2.22. The van der Waals surface area contributed by atoms with Crippen molar-refractivity contribution >= 4 is 21.6 Å². The molecule has 1 fully saturated rings. The zero-order valence-corrected chi connectivity index (χ0v) is 16.8. The maximum atomic E-state index is 12.8. The lowest BCUT2D eigenvalue weighted by molar-refractivity contribution is 0.0683. The maximum absolute atomic E-state index is 12.8. The number of nitrogens with zero attached hydrogens (tertiary/aromatic N) is 1. The predicted molar refractivity (Wildman–Crippen MR) is 107 cm³/mol. The van der Waals surface area contributed by atoms with Crippen molar-refractivity contribution in [2.24, 2.45) is 5.92 Å². The molecule has 1 aliphatic rings. The van der Waals surface area contributed by atoms with Gasteiger partial charge in [0.05, 0.1) is 4.90 Å². The Hall–Kier alpha value is -2.34. The molecule has 6 heteroatoms. The van der Waals surface area contributed by atoms with E-state index in [1.54, 1.807) is 24.3 Å². The van der Waals surface area contributed by atoms with E-state index >= 15 is 0 Å². The fourth-order valence-electron chi connectivity index (χ4n) is 3.37. The normalized spacial score (nSPS) is 17.6. The van der Waals surface area contributed by atoms with Gasteiger partial charge in [0, 0.05) is 24.3 Å². The molecular formula is C21H26N2O3S. The summed E-state index contributed by atoms with van der Waals surface area (Å²) in [6, 6.07) is 11.7. The maximum Gasteiger partial charge on any atom is 0.261 e. The standard InChI is InChI=1S/C21H26N2O3S/c1-15-6-5-11-23(14-15)21(24)18-7-4-8-20(13-18)27(25,26)22-19-10-9-16(2)17(3)12-19/h4,7-10,12-13,15,22H,5-6,11,14H2,1-3H3. The van der Waals surface area contributed by atoms with E-state index in [4.69, 9.17) is 0 Å². The number of hydrogen-bond donors (Lipinski definition) is 1. The molecular weight excluding hydrogens is 360 g/mol. The smallest absolute Gasteiger partial charge is 0.261 e. The van der Waals surface area contributed by atoms with Gasteiger partial charge in [0.1, 0.15) is 0 Å². The van der Waals surface area contributed by atoms with Gasteiger partial charge in [-0.1, -0.05) is 19.1 Å². The van der Waals surface area contributed by atoms with Crippen LogP contribution in [-0.2, 0) is 10.0 Å². The molecule has 1 heterocycles. The molecule has 0 radical (unpaired) electrons. The van der Waals surface area contributed by atoms with Gasteiger partial charge in [0.15, 0.2) is 0 Å². The molecule has 5 nitrogen and oxygen atoms in total. The Labute approximate surface area is 161 Å². The minimum Gasteiger partial charge on any atom is -0.338 e. The van der Waals surface area contributed by atoms with Gasteiger partial charge in [-0.2, -0.15) is 0 Å². The molecule has 2 aromatic carbocycles. The van der Waals surface area contributed by atoms with E-state index in [2.05, 4.69) is 11.6 Å². The SMILES string of the molecule is Cc1ccc(NS(=O)(=O)c2cccc(C(=O)N3CCCC(C)C3)c2)cc1C. The summed E-state index contributed by atoms with van der Waals surface area (Å²) >= 11 is 0. The number of carbonyl (C=O) groups is 1. The highest BCUT2D eigenvalue weighted by molar-refractivity contribution is 7.92. The van der Waals surface area contributed by atoms with Crippen LogP contribution < -0.4 is 4.72 Å². The average Bonchev–Trinajstić information content (AvgIpc) is 2.64. The van der Waals surface area contributed by atoms with Gasteiger partial charge in [0.2, 0.25) is 0 Å². The summed E-state index contributed by atoms with van der Waals surface area (Å²) in [6.45, 7) is 7.49. The molecule has 27 heavy (non-hydrogen) atoms. The van der Waals surface area contributed by atoms with E-state index in [9.17, 15) is 13.2 Å². The second-order valence-electron chi connectivity index (χ2n) is 7.43. The number of amides is 1. The van der Waals surface area contributed by atoms with Gasteiger partial charge in [-0.25, -0.2) is 8.42 Å². The number of piperidine rings is 1. The molecule has 0 saturated carbocycles. The third-order valence-corrected chi connectivity index (χ3v) is 6.47. The Balaban J connectivity index is 1.83. The highest BCUT2D eigenvalue weighted by Gasteiger charge is 2.23. The van der Waals surface area contributed by atoms with Gasteiger partial charge < -0.3 is 4.90 Å². The molecule has 0 spiro atoms. The first-order valence-electron chi connectivity index (χ1n) is 9.26. The lowest BCUT2D eigenvalue weighted by Gasteiger charge is -2.31. The molecule has 1 unspecified atom stereocenters. The Morgan fingerprint density at radius 3 is 2.59 bits per heavy atom. The monoisotopic (exact) mass is 386 g/mol. The second-order valence-corrected chi connectivity index (χ2v) is 9.11. The topological polar surface area (TPSA) is 66.5 Å². The fraction of sp³-hybridized carbons (Fsp3) is 0.381. The Morgan fingerprint density at radius 1 is 1.11 bits per heavy atom. The molecule has 0 aromatic heterocycles. The molecule has 1 N–H and O–H groups in total. The minimum atomic E-state index is -3.76. The van der Waals surface area contributed by atoms with Crippen molar-refractivity contribution < 1.29 is 13.2 Å². The summed E-state index contributed by atoms with van der Waals surface area (Å²) < 4.78 is 28.1. The molecule has 2 aromatic rings. The number of aryl methyl sites for hydroxylation is 2. The van der Waals surface area contributed by atoms with E-state index in [-0.39, 0.29) is 10.8 Å². The number of carbonyl (C=O) groups excluding carboxylic acids is 1. The fourth-order valence-corrected chi connectivity index (χ4v) is 4.47. The summed E-state index contributed by atoms with van der Waals surface area (Å²) in [5, 5.41) is 0. The first-order valence-corrected chi connectivity index (χ1v) is 10.7. The van der Waals surface area contributed by atoms with Gasteiger partial charge in [-0.3, -0.25) is 9.52 Å². The predicted octanol–water partition coefficient (Wildman–Crippen LogP) is 3.98. The molecule has 1 amide bonds. The minimum absolute atomic E-state index is 0.0941. The Morgan fingerprint density at radius 2 is 1.89 bits per heavy atom. The number of likely N-dealkylation sites (tertiary alicyclic amines) is 1. The van der Waals surface area contributed by atoms with E-state index < -0.39 is 10.0 Å². The quantitative estimate of drug-likeness (QED) is 0.864. The largest absolute Gasteiger partial charge is 0.338 e. The summed E-state index contributed by atoms with van der Waals surface area (Å²) in [5.41, 5.74) is 3.03. The first-order chi connectivity index (χ1) is 12.8. The van der Waals surface area contributed by atoms with Crippen LogP contribution >= 0.6 is 0 Å². The van der Waals surface area contributed by atoms with Crippen molar-refractivity contribution in [2.75, 3.05) is 17.8 Å². The van der Waals surface area contributed by atoms with E-state index in [1.807, 2.05) is 24.8 Å². The van der Waals surface area contributed by atoms with Crippen molar-refractivity contribution in [1.82, 2.24) is 4.90 Å². The lowest BCUT2D eigenvalue weighted by Crippen LogP contribution is -2.39. The van der Waals surface area contributed by atoms with Crippen molar-refractivity contribution in [1.29, 1.82) is 0 Å². The van der Waals surface area contributed by atoms with Crippen LogP contribution in [0.1, 0.15) is 41.3 Å². The van der Waals surface area contributed by atoms with Crippen LogP contribution in [0.4, 0.5) is 5.69 Å². The number of hydrogen-bond acceptors (Lipinski definition) is 3. The summed E-state index contributed by atoms with van der Waals surface area (Å²) in [5.74, 6) is 0.367. The average molecular weight is 387 g/mol. The number of rotatable bonds is 4. The zero-order chi connectivity index (χ0) is 19.6. The van der Waals surface area contributed by atoms with Crippen LogP contribution in [0.25, 0.3) is 0 Å². The van der Waals surface area contributed by atoms with Crippen LogP contribution in [0.3, 0.4) is 0 Å². The second kappa shape index (κ2) is 7.72. The molecule has 0 aliphatic carbocycles. The molecule has 144 valence electrons. The zero-order valence-electron chi connectivity index (χ0n) is 16.0. The molecule has 1 aliphatic heterocycles. The van der Waals surface area contributed by atoms with Crippen molar-refractivity contribution in [3.8, 4) is 0 Å². The molecule has 1 saturated heterocycles. The Bertz CT molecular complexity index is 954. The number of benzene rings is 2. The molecule has 0 bridgehead atoms. The van der Waals surface area contributed by atoms with Crippen molar-refractivity contribution in [3.05, 3.63) is 59.2 Å². The lowest BCUT2D eigenvalue weighted by atomic mass is 9.99. The van der Waals surface area contributed by atoms with Crippen molar-refractivity contribution in [2.45, 2.75) is 38.5 Å². The van der Waals surface area contributed by atoms with E-state index in [1.165, 1.54) is 12.1 Å². The van der Waals surface area contributed by atoms with E-state index in [0.29, 0.717) is 17.2 Å². The third kappa shape index (κ3) is 4.50. The van der Waals surface area contributed by atoms with Crippen LogP contribution in [0.5, 0.6) is 0 Å². The number of nitrogens with one attached hydrogen (secondary N) is 1. The summed E-state index contributed by atoms with van der Waals surface area (Å²) in [6.07, 6.45) is 2.11. The van der Waals surface area contributed by atoms with Crippen LogP contribution in [0.15, 0.2) is 47.4 Å². The van der Waals surface area contributed by atoms with Gasteiger partial charge in [-0.05, 0) is 74.1 Å².